The Hall–Kier alpha value is -2.39. The number of sulfonamides is 1. The lowest BCUT2D eigenvalue weighted by atomic mass is 9.95. The molecule has 2 heterocycles. The summed E-state index contributed by atoms with van der Waals surface area (Å²) in [6.45, 7) is 0.749. The summed E-state index contributed by atoms with van der Waals surface area (Å²) in [5.74, 6) is 0.324. The standard InChI is InChI=1S/C22H29N3O5S/c1-29-18-10-5-11-19(13-18)31(27,28)25-12-6-7-16(15-25)20-14-21(30-24-20)22(26)23-17-8-3-2-4-9-17/h5,10-11,13-14,16-17H,2-4,6-9,12,15H2,1H3,(H,23,26). The number of carbonyl (C=O) groups is 1. The molecule has 0 spiro atoms. The predicted octanol–water partition coefficient (Wildman–Crippen LogP) is 3.31. The topological polar surface area (TPSA) is 102 Å². The maximum atomic E-state index is 13.1. The number of hydrogen-bond acceptors (Lipinski definition) is 6. The van der Waals surface area contributed by atoms with Crippen molar-refractivity contribution >= 4 is 15.9 Å². The van der Waals surface area contributed by atoms with Gasteiger partial charge in [-0.25, -0.2) is 8.42 Å². The van der Waals surface area contributed by atoms with Crippen molar-refractivity contribution in [2.45, 2.75) is 61.8 Å². The number of benzene rings is 1. The lowest BCUT2D eigenvalue weighted by Gasteiger charge is -2.31. The molecule has 0 radical (unpaired) electrons. The molecule has 168 valence electrons. The average Bonchev–Trinajstić information content (AvgIpc) is 3.30. The van der Waals surface area contributed by atoms with Crippen LogP contribution in [0.4, 0.5) is 0 Å². The first-order valence-corrected chi connectivity index (χ1v) is 12.3. The first kappa shape index (κ1) is 21.8. The monoisotopic (exact) mass is 447 g/mol. The SMILES string of the molecule is COc1cccc(S(=O)(=O)N2CCCC(c3cc(C(=O)NC4CCCCC4)on3)C2)c1. The fourth-order valence-electron chi connectivity index (χ4n) is 4.40. The van der Waals surface area contributed by atoms with Gasteiger partial charge in [-0.1, -0.05) is 30.5 Å². The summed E-state index contributed by atoms with van der Waals surface area (Å²) in [4.78, 5) is 12.7. The minimum Gasteiger partial charge on any atom is -0.497 e. The van der Waals surface area contributed by atoms with Gasteiger partial charge in [0.05, 0.1) is 17.7 Å². The second kappa shape index (κ2) is 9.40. The summed E-state index contributed by atoms with van der Waals surface area (Å²) < 4.78 is 38.2. The van der Waals surface area contributed by atoms with E-state index in [1.807, 2.05) is 0 Å². The molecule has 8 nitrogen and oxygen atoms in total. The van der Waals surface area contributed by atoms with Crippen molar-refractivity contribution in [2.24, 2.45) is 0 Å². The van der Waals surface area contributed by atoms with E-state index in [1.165, 1.54) is 23.9 Å². The van der Waals surface area contributed by atoms with Gasteiger partial charge in [-0.15, -0.1) is 0 Å². The van der Waals surface area contributed by atoms with Gasteiger partial charge in [0.15, 0.2) is 0 Å². The molecule has 1 aliphatic heterocycles. The van der Waals surface area contributed by atoms with Gasteiger partial charge in [-0.3, -0.25) is 4.79 Å². The number of hydrogen-bond donors (Lipinski definition) is 1. The number of nitrogens with one attached hydrogen (secondary N) is 1. The van der Waals surface area contributed by atoms with Crippen LogP contribution in [0.25, 0.3) is 0 Å². The maximum Gasteiger partial charge on any atom is 0.290 e. The summed E-state index contributed by atoms with van der Waals surface area (Å²) in [5, 5.41) is 7.12. The second-order valence-corrected chi connectivity index (χ2v) is 10.2. The molecule has 1 amide bonds. The summed E-state index contributed by atoms with van der Waals surface area (Å²) in [7, 11) is -2.14. The van der Waals surface area contributed by atoms with Gasteiger partial charge in [0.1, 0.15) is 5.75 Å². The largest absolute Gasteiger partial charge is 0.497 e. The number of methoxy groups -OCH3 is 1. The van der Waals surface area contributed by atoms with E-state index in [4.69, 9.17) is 9.26 Å². The molecule has 2 aromatic rings. The summed E-state index contributed by atoms with van der Waals surface area (Å²) in [6, 6.07) is 8.33. The third-order valence-electron chi connectivity index (χ3n) is 6.17. The van der Waals surface area contributed by atoms with E-state index in [0.29, 0.717) is 31.0 Å². The minimum absolute atomic E-state index is 0.117. The fourth-order valence-corrected chi connectivity index (χ4v) is 5.96. The molecule has 9 heteroatoms. The van der Waals surface area contributed by atoms with Crippen molar-refractivity contribution in [1.82, 2.24) is 14.8 Å². The molecule has 2 fully saturated rings. The van der Waals surface area contributed by atoms with Crippen molar-refractivity contribution < 1.29 is 22.5 Å². The normalized spacial score (nSPS) is 21.0. The van der Waals surface area contributed by atoms with Crippen molar-refractivity contribution in [1.29, 1.82) is 0 Å². The van der Waals surface area contributed by atoms with E-state index < -0.39 is 10.0 Å². The molecule has 1 aromatic carbocycles. The van der Waals surface area contributed by atoms with E-state index in [2.05, 4.69) is 10.5 Å². The lowest BCUT2D eigenvalue weighted by Crippen LogP contribution is -2.39. The van der Waals surface area contributed by atoms with Crippen LogP contribution in [0.15, 0.2) is 39.8 Å². The summed E-state index contributed by atoms with van der Waals surface area (Å²) in [6.07, 6.45) is 6.97. The molecule has 1 saturated heterocycles. The van der Waals surface area contributed by atoms with Gasteiger partial charge >= 0.3 is 0 Å². The van der Waals surface area contributed by atoms with Crippen LogP contribution in [-0.4, -0.2) is 50.0 Å². The van der Waals surface area contributed by atoms with Crippen molar-refractivity contribution in [3.63, 3.8) is 0 Å². The Kier molecular flexibility index (Phi) is 6.62. The van der Waals surface area contributed by atoms with Crippen LogP contribution in [0.2, 0.25) is 0 Å². The average molecular weight is 448 g/mol. The van der Waals surface area contributed by atoms with Crippen molar-refractivity contribution in [3.8, 4) is 5.75 Å². The number of carbonyl (C=O) groups excluding carboxylic acids is 1. The van der Waals surface area contributed by atoms with Crippen LogP contribution in [0.3, 0.4) is 0 Å². The Morgan fingerprint density at radius 1 is 1.16 bits per heavy atom. The van der Waals surface area contributed by atoms with Crippen LogP contribution in [-0.2, 0) is 10.0 Å². The smallest absolute Gasteiger partial charge is 0.290 e. The lowest BCUT2D eigenvalue weighted by molar-refractivity contribution is 0.0890. The number of nitrogens with zero attached hydrogens (tertiary/aromatic N) is 2. The van der Waals surface area contributed by atoms with Crippen LogP contribution in [0.5, 0.6) is 5.75 Å². The number of rotatable bonds is 6. The third kappa shape index (κ3) is 4.93. The molecule has 1 unspecified atom stereocenters. The maximum absolute atomic E-state index is 13.1. The zero-order valence-corrected chi connectivity index (χ0v) is 18.6. The Labute approximate surface area is 183 Å². The van der Waals surface area contributed by atoms with Crippen molar-refractivity contribution in [2.75, 3.05) is 20.2 Å². The highest BCUT2D eigenvalue weighted by Crippen LogP contribution is 2.31. The fraction of sp³-hybridized carbons (Fsp3) is 0.545. The molecular weight excluding hydrogens is 418 g/mol. The van der Waals surface area contributed by atoms with Gasteiger partial charge in [0, 0.05) is 37.2 Å². The van der Waals surface area contributed by atoms with E-state index >= 15 is 0 Å². The minimum atomic E-state index is -3.65. The van der Waals surface area contributed by atoms with Crippen LogP contribution in [0.1, 0.15) is 67.1 Å². The molecule has 1 atom stereocenters. The van der Waals surface area contributed by atoms with E-state index in [-0.39, 0.29) is 28.5 Å². The van der Waals surface area contributed by atoms with Crippen molar-refractivity contribution in [3.05, 3.63) is 41.8 Å². The van der Waals surface area contributed by atoms with Gasteiger partial charge in [-0.2, -0.15) is 4.31 Å². The van der Waals surface area contributed by atoms with Gasteiger partial charge in [0.2, 0.25) is 15.8 Å². The number of piperidine rings is 1. The molecule has 1 aromatic heterocycles. The van der Waals surface area contributed by atoms with Gasteiger partial charge < -0.3 is 14.6 Å². The molecule has 1 saturated carbocycles. The zero-order chi connectivity index (χ0) is 21.8. The van der Waals surface area contributed by atoms with Crippen LogP contribution in [0, 0.1) is 0 Å². The first-order valence-electron chi connectivity index (χ1n) is 10.9. The molecule has 1 N–H and O–H groups in total. The van der Waals surface area contributed by atoms with Gasteiger partial charge in [0.25, 0.3) is 5.91 Å². The zero-order valence-electron chi connectivity index (χ0n) is 17.7. The molecule has 2 aliphatic rings. The Bertz CT molecular complexity index is 1010. The van der Waals surface area contributed by atoms with E-state index in [0.717, 1.165) is 32.1 Å². The van der Waals surface area contributed by atoms with Crippen LogP contribution < -0.4 is 10.1 Å². The number of amides is 1. The molecule has 0 bridgehead atoms. The first-order chi connectivity index (χ1) is 15.0. The Morgan fingerprint density at radius 3 is 2.74 bits per heavy atom. The molecule has 4 rings (SSSR count). The predicted molar refractivity (Wildman–Crippen MR) is 115 cm³/mol. The van der Waals surface area contributed by atoms with Gasteiger partial charge in [-0.05, 0) is 37.8 Å². The summed E-state index contributed by atoms with van der Waals surface area (Å²) in [5.41, 5.74) is 0.624. The Morgan fingerprint density at radius 2 is 1.97 bits per heavy atom. The van der Waals surface area contributed by atoms with E-state index in [9.17, 15) is 13.2 Å². The second-order valence-electron chi connectivity index (χ2n) is 8.31. The number of aromatic nitrogens is 1. The quantitative estimate of drug-likeness (QED) is 0.729. The highest BCUT2D eigenvalue weighted by atomic mass is 32.2. The third-order valence-corrected chi connectivity index (χ3v) is 8.04. The highest BCUT2D eigenvalue weighted by molar-refractivity contribution is 7.89. The molecular formula is C22H29N3O5S. The Balaban J connectivity index is 1.44. The highest BCUT2D eigenvalue weighted by Gasteiger charge is 2.33. The molecule has 1 aliphatic carbocycles. The number of ether oxygens (including phenoxy) is 1. The van der Waals surface area contributed by atoms with E-state index in [1.54, 1.807) is 24.3 Å². The van der Waals surface area contributed by atoms with Crippen LogP contribution >= 0.6 is 0 Å². The summed E-state index contributed by atoms with van der Waals surface area (Å²) >= 11 is 0. The molecule has 31 heavy (non-hydrogen) atoms.